The van der Waals surface area contributed by atoms with Crippen molar-refractivity contribution in [2.75, 3.05) is 19.6 Å². The number of nitrogens with one attached hydrogen (secondary N) is 1. The van der Waals surface area contributed by atoms with Gasteiger partial charge >= 0.3 is 0 Å². The van der Waals surface area contributed by atoms with Crippen LogP contribution < -0.4 is 5.32 Å². The van der Waals surface area contributed by atoms with Crippen LogP contribution >= 0.6 is 31.9 Å². The van der Waals surface area contributed by atoms with Gasteiger partial charge in [0.25, 0.3) is 0 Å². The topological polar surface area (TPSA) is 49.4 Å². The van der Waals surface area contributed by atoms with Gasteiger partial charge in [-0.1, -0.05) is 15.9 Å². The predicted molar refractivity (Wildman–Crippen MR) is 82.8 cm³/mol. The predicted octanol–water partition coefficient (Wildman–Crippen LogP) is 2.50. The molecular weight excluding hydrogens is 396 g/mol. The fourth-order valence-electron chi connectivity index (χ4n) is 2.08. The highest BCUT2D eigenvalue weighted by Gasteiger charge is 2.30. The van der Waals surface area contributed by atoms with Gasteiger partial charge in [-0.15, -0.1) is 0 Å². The summed E-state index contributed by atoms with van der Waals surface area (Å²) in [6.45, 7) is 5.61. The van der Waals surface area contributed by atoms with Gasteiger partial charge in [0.1, 0.15) is 0 Å². The number of aryl methyl sites for hydroxylation is 1. The largest absolute Gasteiger partial charge is 0.312 e. The first-order valence-electron chi connectivity index (χ1n) is 6.01. The molecule has 1 aromatic rings. The Kier molecular flexibility index (Phi) is 4.72. The molecule has 0 amide bonds. The van der Waals surface area contributed by atoms with Crippen LogP contribution in [-0.4, -0.2) is 38.4 Å². The molecule has 1 saturated heterocycles. The summed E-state index contributed by atoms with van der Waals surface area (Å²) in [5.74, 6) is 0. The van der Waals surface area contributed by atoms with E-state index in [0.29, 0.717) is 29.0 Å². The third kappa shape index (κ3) is 3.21. The van der Waals surface area contributed by atoms with E-state index in [-0.39, 0.29) is 6.04 Å². The van der Waals surface area contributed by atoms with Crippen LogP contribution in [0.1, 0.15) is 12.5 Å². The summed E-state index contributed by atoms with van der Waals surface area (Å²) < 4.78 is 28.3. The van der Waals surface area contributed by atoms with Crippen molar-refractivity contribution in [3.63, 3.8) is 0 Å². The molecule has 1 aliphatic heterocycles. The van der Waals surface area contributed by atoms with E-state index in [9.17, 15) is 8.42 Å². The van der Waals surface area contributed by atoms with Gasteiger partial charge in [-0.25, -0.2) is 8.42 Å². The Morgan fingerprint density at radius 2 is 2.00 bits per heavy atom. The molecule has 1 atom stereocenters. The molecular formula is C12H16Br2N2O2S. The van der Waals surface area contributed by atoms with E-state index in [1.165, 1.54) is 4.31 Å². The van der Waals surface area contributed by atoms with Crippen molar-refractivity contribution in [2.24, 2.45) is 0 Å². The van der Waals surface area contributed by atoms with Crippen LogP contribution in [0, 0.1) is 6.92 Å². The van der Waals surface area contributed by atoms with E-state index in [2.05, 4.69) is 37.2 Å². The average molecular weight is 412 g/mol. The number of hydrogen-bond donors (Lipinski definition) is 1. The molecule has 1 N–H and O–H groups in total. The first kappa shape index (κ1) is 15.4. The number of rotatable bonds is 2. The van der Waals surface area contributed by atoms with Gasteiger partial charge in [0.15, 0.2) is 0 Å². The Morgan fingerprint density at radius 1 is 1.32 bits per heavy atom. The Bertz CT molecular complexity index is 590. The maximum absolute atomic E-state index is 12.7. The molecule has 7 heteroatoms. The van der Waals surface area contributed by atoms with E-state index in [4.69, 9.17) is 0 Å². The van der Waals surface area contributed by atoms with Crippen LogP contribution in [0.15, 0.2) is 26.0 Å². The Balaban J connectivity index is 2.42. The number of hydrogen-bond acceptors (Lipinski definition) is 3. The first-order chi connectivity index (χ1) is 8.82. The van der Waals surface area contributed by atoms with Crippen LogP contribution in [0.4, 0.5) is 0 Å². The molecule has 0 radical (unpaired) electrons. The number of halogens is 2. The van der Waals surface area contributed by atoms with Crippen molar-refractivity contribution >= 4 is 41.9 Å². The number of piperazine rings is 1. The Hall–Kier alpha value is 0.0500. The van der Waals surface area contributed by atoms with Gasteiger partial charge < -0.3 is 5.32 Å². The van der Waals surface area contributed by atoms with E-state index >= 15 is 0 Å². The summed E-state index contributed by atoms with van der Waals surface area (Å²) in [6.07, 6.45) is 0. The number of benzene rings is 1. The fraction of sp³-hybridized carbons (Fsp3) is 0.500. The second-order valence-electron chi connectivity index (χ2n) is 4.75. The zero-order valence-electron chi connectivity index (χ0n) is 10.8. The smallest absolute Gasteiger partial charge is 0.244 e. The lowest BCUT2D eigenvalue weighted by molar-refractivity contribution is 0.310. The van der Waals surface area contributed by atoms with Gasteiger partial charge in [0.2, 0.25) is 10.0 Å². The molecule has 0 aromatic heterocycles. The third-order valence-electron chi connectivity index (χ3n) is 3.16. The molecule has 4 nitrogen and oxygen atoms in total. The minimum Gasteiger partial charge on any atom is -0.312 e. The maximum Gasteiger partial charge on any atom is 0.244 e. The molecule has 1 heterocycles. The molecule has 0 aliphatic carbocycles. The average Bonchev–Trinajstić information content (AvgIpc) is 2.33. The lowest BCUT2D eigenvalue weighted by atomic mass is 10.2. The Labute approximate surface area is 130 Å². The van der Waals surface area contributed by atoms with Gasteiger partial charge in [-0.05, 0) is 47.5 Å². The van der Waals surface area contributed by atoms with Crippen LogP contribution in [-0.2, 0) is 10.0 Å². The SMILES string of the molecule is Cc1cc(Br)c(S(=O)(=O)N2CCN[C@H](C)C2)cc1Br. The molecule has 0 bridgehead atoms. The summed E-state index contributed by atoms with van der Waals surface area (Å²) in [4.78, 5) is 0.319. The van der Waals surface area contributed by atoms with Crippen molar-refractivity contribution in [2.45, 2.75) is 24.8 Å². The summed E-state index contributed by atoms with van der Waals surface area (Å²) >= 11 is 6.75. The molecule has 1 fully saturated rings. The standard InChI is InChI=1S/C12H16Br2N2O2S/c1-8-5-11(14)12(6-10(8)13)19(17,18)16-4-3-15-9(2)7-16/h5-6,9,15H,3-4,7H2,1-2H3/t9-/m1/s1. The van der Waals surface area contributed by atoms with Gasteiger partial charge in [-0.3, -0.25) is 0 Å². The monoisotopic (exact) mass is 410 g/mol. The summed E-state index contributed by atoms with van der Waals surface area (Å²) in [5, 5.41) is 3.24. The zero-order chi connectivity index (χ0) is 14.2. The zero-order valence-corrected chi connectivity index (χ0v) is 14.8. The van der Waals surface area contributed by atoms with E-state index in [1.54, 1.807) is 6.07 Å². The van der Waals surface area contributed by atoms with Crippen LogP contribution in [0.25, 0.3) is 0 Å². The van der Waals surface area contributed by atoms with Crippen molar-refractivity contribution in [1.29, 1.82) is 0 Å². The lowest BCUT2D eigenvalue weighted by Gasteiger charge is -2.31. The number of nitrogens with zero attached hydrogens (tertiary/aromatic N) is 1. The van der Waals surface area contributed by atoms with Gasteiger partial charge in [0, 0.05) is 34.6 Å². The highest BCUT2D eigenvalue weighted by molar-refractivity contribution is 9.11. The van der Waals surface area contributed by atoms with Crippen molar-refractivity contribution in [3.05, 3.63) is 26.6 Å². The minimum absolute atomic E-state index is 0.177. The summed E-state index contributed by atoms with van der Waals surface area (Å²) in [7, 11) is -3.45. The third-order valence-corrected chi connectivity index (χ3v) is 6.84. The van der Waals surface area contributed by atoms with Gasteiger partial charge in [0.05, 0.1) is 4.90 Å². The molecule has 1 aliphatic rings. The lowest BCUT2D eigenvalue weighted by Crippen LogP contribution is -2.51. The van der Waals surface area contributed by atoms with Gasteiger partial charge in [-0.2, -0.15) is 4.31 Å². The van der Waals surface area contributed by atoms with Crippen molar-refractivity contribution in [1.82, 2.24) is 9.62 Å². The molecule has 0 spiro atoms. The fourth-order valence-corrected chi connectivity index (χ4v) is 5.25. The van der Waals surface area contributed by atoms with Crippen LogP contribution in [0.2, 0.25) is 0 Å². The molecule has 19 heavy (non-hydrogen) atoms. The highest BCUT2D eigenvalue weighted by Crippen LogP contribution is 2.31. The van der Waals surface area contributed by atoms with E-state index in [1.807, 2.05) is 19.9 Å². The highest BCUT2D eigenvalue weighted by atomic mass is 79.9. The van der Waals surface area contributed by atoms with Crippen LogP contribution in [0.5, 0.6) is 0 Å². The van der Waals surface area contributed by atoms with Crippen molar-refractivity contribution < 1.29 is 8.42 Å². The molecule has 2 rings (SSSR count). The molecule has 106 valence electrons. The minimum atomic E-state index is -3.45. The quantitative estimate of drug-likeness (QED) is 0.813. The number of sulfonamides is 1. The molecule has 0 unspecified atom stereocenters. The second kappa shape index (κ2) is 5.81. The second-order valence-corrected chi connectivity index (χ2v) is 8.37. The van der Waals surface area contributed by atoms with Crippen LogP contribution in [0.3, 0.4) is 0 Å². The van der Waals surface area contributed by atoms with E-state index < -0.39 is 10.0 Å². The maximum atomic E-state index is 12.7. The first-order valence-corrected chi connectivity index (χ1v) is 9.04. The van der Waals surface area contributed by atoms with E-state index in [0.717, 1.165) is 10.0 Å². The molecule has 0 saturated carbocycles. The summed E-state index contributed by atoms with van der Waals surface area (Å²) in [6, 6.07) is 3.67. The normalized spacial score (nSPS) is 21.6. The summed E-state index contributed by atoms with van der Waals surface area (Å²) in [5.41, 5.74) is 1.000. The Morgan fingerprint density at radius 3 is 2.63 bits per heavy atom. The molecule has 1 aromatic carbocycles. The van der Waals surface area contributed by atoms with Crippen molar-refractivity contribution in [3.8, 4) is 0 Å².